The van der Waals surface area contributed by atoms with E-state index in [1.807, 2.05) is 10.8 Å². The molecule has 0 radical (unpaired) electrons. The molecular formula is C15H17F3N2S. The van der Waals surface area contributed by atoms with Crippen LogP contribution in [0.4, 0.5) is 13.2 Å². The largest absolute Gasteiger partial charge is 0.416 e. The van der Waals surface area contributed by atoms with Crippen molar-refractivity contribution in [3.05, 3.63) is 52.1 Å². The second-order valence-corrected chi connectivity index (χ2v) is 6.40. The molecule has 114 valence electrons. The van der Waals surface area contributed by atoms with Gasteiger partial charge in [0.15, 0.2) is 4.77 Å². The lowest BCUT2D eigenvalue weighted by atomic mass is 9.92. The first-order chi connectivity index (χ1) is 9.59. The standard InChI is InChI=1S/C15H17F3N2S/c1-14(2,3)12-8-19-13(21)20(12)9-10-4-6-11(7-5-10)15(16,17)18/h4-8H,9H2,1-3H3,(H,19,21). The highest BCUT2D eigenvalue weighted by atomic mass is 32.1. The van der Waals surface area contributed by atoms with Gasteiger partial charge in [-0.15, -0.1) is 0 Å². The molecule has 0 fully saturated rings. The van der Waals surface area contributed by atoms with Gasteiger partial charge in [0.2, 0.25) is 0 Å². The summed E-state index contributed by atoms with van der Waals surface area (Å²) >= 11 is 5.25. The van der Waals surface area contributed by atoms with E-state index >= 15 is 0 Å². The third kappa shape index (κ3) is 3.56. The lowest BCUT2D eigenvalue weighted by Crippen LogP contribution is -2.18. The first-order valence-electron chi connectivity index (χ1n) is 6.54. The van der Waals surface area contributed by atoms with E-state index in [1.165, 1.54) is 12.1 Å². The maximum absolute atomic E-state index is 12.6. The zero-order valence-electron chi connectivity index (χ0n) is 12.1. The number of hydrogen-bond acceptors (Lipinski definition) is 1. The Hall–Kier alpha value is -1.56. The minimum Gasteiger partial charge on any atom is -0.337 e. The van der Waals surface area contributed by atoms with Gasteiger partial charge < -0.3 is 9.55 Å². The number of aromatic nitrogens is 2. The number of benzene rings is 1. The van der Waals surface area contributed by atoms with Crippen molar-refractivity contribution in [2.45, 2.75) is 38.9 Å². The molecule has 1 aromatic carbocycles. The summed E-state index contributed by atoms with van der Waals surface area (Å²) in [5.74, 6) is 0. The summed E-state index contributed by atoms with van der Waals surface area (Å²) in [5.41, 5.74) is 1.07. The summed E-state index contributed by atoms with van der Waals surface area (Å²) in [6, 6.07) is 5.18. The average molecular weight is 314 g/mol. The molecular weight excluding hydrogens is 297 g/mol. The van der Waals surface area contributed by atoms with Crippen LogP contribution in [0.1, 0.15) is 37.6 Å². The molecule has 0 aliphatic rings. The van der Waals surface area contributed by atoms with Crippen LogP contribution >= 0.6 is 12.2 Å². The highest BCUT2D eigenvalue weighted by Gasteiger charge is 2.30. The van der Waals surface area contributed by atoms with Gasteiger partial charge in [0, 0.05) is 17.3 Å². The van der Waals surface area contributed by atoms with Crippen LogP contribution < -0.4 is 0 Å². The molecule has 6 heteroatoms. The number of hydrogen-bond donors (Lipinski definition) is 1. The summed E-state index contributed by atoms with van der Waals surface area (Å²) < 4.78 is 40.1. The van der Waals surface area contributed by atoms with Crippen molar-refractivity contribution in [2.24, 2.45) is 0 Å². The Morgan fingerprint density at radius 3 is 2.14 bits per heavy atom. The maximum atomic E-state index is 12.6. The predicted octanol–water partition coefficient (Wildman–Crippen LogP) is 4.91. The Labute approximate surface area is 126 Å². The van der Waals surface area contributed by atoms with Crippen molar-refractivity contribution in [3.63, 3.8) is 0 Å². The van der Waals surface area contributed by atoms with Gasteiger partial charge in [0.25, 0.3) is 0 Å². The average Bonchev–Trinajstić information content (AvgIpc) is 2.70. The molecule has 21 heavy (non-hydrogen) atoms. The molecule has 0 aliphatic heterocycles. The number of nitrogens with zero attached hydrogens (tertiary/aromatic N) is 1. The van der Waals surface area contributed by atoms with Gasteiger partial charge in [-0.25, -0.2) is 0 Å². The third-order valence-corrected chi connectivity index (χ3v) is 3.60. The Bertz CT molecular complexity index is 673. The first-order valence-corrected chi connectivity index (χ1v) is 6.95. The van der Waals surface area contributed by atoms with Crippen LogP contribution in [0.5, 0.6) is 0 Å². The molecule has 0 saturated heterocycles. The lowest BCUT2D eigenvalue weighted by Gasteiger charge is -2.21. The van der Waals surface area contributed by atoms with Crippen LogP contribution in [-0.4, -0.2) is 9.55 Å². The Morgan fingerprint density at radius 2 is 1.67 bits per heavy atom. The van der Waals surface area contributed by atoms with E-state index in [2.05, 4.69) is 25.8 Å². The van der Waals surface area contributed by atoms with Crippen molar-refractivity contribution < 1.29 is 13.2 Å². The van der Waals surface area contributed by atoms with E-state index in [0.29, 0.717) is 11.3 Å². The molecule has 1 aromatic heterocycles. The second kappa shape index (κ2) is 5.33. The smallest absolute Gasteiger partial charge is 0.337 e. The quantitative estimate of drug-likeness (QED) is 0.781. The van der Waals surface area contributed by atoms with Crippen LogP contribution in [0.2, 0.25) is 0 Å². The van der Waals surface area contributed by atoms with Gasteiger partial charge in [-0.1, -0.05) is 32.9 Å². The van der Waals surface area contributed by atoms with Crippen LogP contribution in [0.15, 0.2) is 30.5 Å². The molecule has 1 heterocycles. The molecule has 0 bridgehead atoms. The summed E-state index contributed by atoms with van der Waals surface area (Å²) in [7, 11) is 0. The Morgan fingerprint density at radius 1 is 1.10 bits per heavy atom. The van der Waals surface area contributed by atoms with Crippen LogP contribution in [0, 0.1) is 4.77 Å². The van der Waals surface area contributed by atoms with Gasteiger partial charge in [-0.3, -0.25) is 0 Å². The SMILES string of the molecule is CC(C)(C)c1c[nH]c(=S)n1Cc1ccc(C(F)(F)F)cc1. The molecule has 1 N–H and O–H groups in total. The van der Waals surface area contributed by atoms with Crippen molar-refractivity contribution >= 4 is 12.2 Å². The topological polar surface area (TPSA) is 20.7 Å². The first kappa shape index (κ1) is 15.8. The number of nitrogens with one attached hydrogen (secondary N) is 1. The van der Waals surface area contributed by atoms with E-state index in [1.54, 1.807) is 0 Å². The molecule has 2 nitrogen and oxygen atoms in total. The van der Waals surface area contributed by atoms with Crippen LogP contribution in [-0.2, 0) is 18.1 Å². The van der Waals surface area contributed by atoms with Crippen LogP contribution in [0.3, 0.4) is 0 Å². The van der Waals surface area contributed by atoms with Gasteiger partial charge >= 0.3 is 6.18 Å². The molecule has 2 aromatic rings. The maximum Gasteiger partial charge on any atom is 0.416 e. The molecule has 2 rings (SSSR count). The fraction of sp³-hybridized carbons (Fsp3) is 0.400. The molecule has 0 saturated carbocycles. The zero-order chi connectivity index (χ0) is 15.8. The van der Waals surface area contributed by atoms with Crippen LogP contribution in [0.25, 0.3) is 0 Å². The Kier molecular flexibility index (Phi) is 4.02. The Balaban J connectivity index is 2.31. The number of rotatable bonds is 2. The number of imidazole rings is 1. The molecule has 0 unspecified atom stereocenters. The number of halogens is 3. The fourth-order valence-corrected chi connectivity index (χ4v) is 2.38. The third-order valence-electron chi connectivity index (χ3n) is 3.26. The normalized spacial score (nSPS) is 12.7. The van der Waals surface area contributed by atoms with Gasteiger partial charge in [0.05, 0.1) is 12.1 Å². The zero-order valence-corrected chi connectivity index (χ0v) is 12.9. The summed E-state index contributed by atoms with van der Waals surface area (Å²) in [4.78, 5) is 3.00. The summed E-state index contributed by atoms with van der Waals surface area (Å²) in [5, 5.41) is 0. The molecule has 0 atom stereocenters. The molecule has 0 aliphatic carbocycles. The number of alkyl halides is 3. The van der Waals surface area contributed by atoms with E-state index in [9.17, 15) is 13.2 Å². The monoisotopic (exact) mass is 314 g/mol. The van der Waals surface area contributed by atoms with E-state index < -0.39 is 11.7 Å². The minimum absolute atomic E-state index is 0.0977. The lowest BCUT2D eigenvalue weighted by molar-refractivity contribution is -0.137. The summed E-state index contributed by atoms with van der Waals surface area (Å²) in [6.07, 6.45) is -2.45. The van der Waals surface area contributed by atoms with Crippen molar-refractivity contribution in [1.29, 1.82) is 0 Å². The predicted molar refractivity (Wildman–Crippen MR) is 78.9 cm³/mol. The van der Waals surface area contributed by atoms with E-state index in [0.717, 1.165) is 23.4 Å². The van der Waals surface area contributed by atoms with Gasteiger partial charge in [0.1, 0.15) is 0 Å². The number of H-pyrrole nitrogens is 1. The van der Waals surface area contributed by atoms with E-state index in [-0.39, 0.29) is 5.41 Å². The highest BCUT2D eigenvalue weighted by Crippen LogP contribution is 2.29. The van der Waals surface area contributed by atoms with Gasteiger partial charge in [-0.2, -0.15) is 13.2 Å². The van der Waals surface area contributed by atoms with Crippen molar-refractivity contribution in [2.75, 3.05) is 0 Å². The fourth-order valence-electron chi connectivity index (χ4n) is 2.16. The molecule has 0 spiro atoms. The minimum atomic E-state index is -4.31. The number of aromatic amines is 1. The van der Waals surface area contributed by atoms with Crippen molar-refractivity contribution in [3.8, 4) is 0 Å². The highest BCUT2D eigenvalue weighted by molar-refractivity contribution is 7.71. The van der Waals surface area contributed by atoms with E-state index in [4.69, 9.17) is 12.2 Å². The second-order valence-electron chi connectivity index (χ2n) is 6.01. The summed E-state index contributed by atoms with van der Waals surface area (Å²) in [6.45, 7) is 6.64. The molecule has 0 amide bonds. The van der Waals surface area contributed by atoms with Gasteiger partial charge in [-0.05, 0) is 29.9 Å². The van der Waals surface area contributed by atoms with Crippen molar-refractivity contribution in [1.82, 2.24) is 9.55 Å².